The summed E-state index contributed by atoms with van der Waals surface area (Å²) in [5.74, 6) is -0.354. The van der Waals surface area contributed by atoms with Gasteiger partial charge >= 0.3 is 0 Å². The van der Waals surface area contributed by atoms with Crippen LogP contribution in [0.3, 0.4) is 0 Å². The number of pyridine rings is 1. The smallest absolute Gasteiger partial charge is 0.271 e. The van der Waals surface area contributed by atoms with Gasteiger partial charge in [0.05, 0.1) is 29.5 Å². The molecule has 4 aromatic rings. The standard InChI is InChI=1S/C27H26ClF2N5O2/c1-33-23-14-21(7-4-19(23)15-31-33)32-25-22(16-35(13-10-29)27(37)24(25)28)26(36)34-11-8-18(9-12-34)17-2-5-20(30)6-3-17/h2-7,14-16,18,32H,8-13H2,1H3. The molecule has 2 aromatic heterocycles. The SMILES string of the molecule is Cn1ncc2ccc(Nc3c(C(=O)N4CCC(c5ccc(F)cc5)CC4)cn(CCF)c(=O)c3Cl)cc21. The zero-order valence-electron chi connectivity index (χ0n) is 20.3. The molecule has 2 aromatic carbocycles. The molecule has 1 fully saturated rings. The van der Waals surface area contributed by atoms with Crippen LogP contribution in [0.5, 0.6) is 0 Å². The van der Waals surface area contributed by atoms with Crippen molar-refractivity contribution in [3.63, 3.8) is 0 Å². The van der Waals surface area contributed by atoms with Crippen LogP contribution in [-0.4, -0.2) is 44.9 Å². The van der Waals surface area contributed by atoms with E-state index in [1.54, 1.807) is 27.9 Å². The van der Waals surface area contributed by atoms with Crippen LogP contribution in [-0.2, 0) is 13.6 Å². The van der Waals surface area contributed by atoms with Crippen LogP contribution >= 0.6 is 11.6 Å². The second kappa shape index (κ2) is 10.3. The van der Waals surface area contributed by atoms with Crippen molar-refractivity contribution in [3.05, 3.63) is 87.2 Å². The monoisotopic (exact) mass is 525 g/mol. The first-order chi connectivity index (χ1) is 17.9. The van der Waals surface area contributed by atoms with E-state index in [2.05, 4.69) is 10.4 Å². The zero-order valence-corrected chi connectivity index (χ0v) is 21.0. The van der Waals surface area contributed by atoms with Gasteiger partial charge in [0, 0.05) is 37.4 Å². The highest BCUT2D eigenvalue weighted by Crippen LogP contribution is 2.32. The molecule has 0 saturated carbocycles. The maximum Gasteiger partial charge on any atom is 0.271 e. The number of rotatable bonds is 6. The molecule has 1 N–H and O–H groups in total. The van der Waals surface area contributed by atoms with E-state index in [-0.39, 0.29) is 40.5 Å². The number of piperidine rings is 1. The van der Waals surface area contributed by atoms with Crippen molar-refractivity contribution >= 4 is 39.8 Å². The van der Waals surface area contributed by atoms with Gasteiger partial charge in [0.2, 0.25) is 0 Å². The average Bonchev–Trinajstić information content (AvgIpc) is 3.28. The summed E-state index contributed by atoms with van der Waals surface area (Å²) in [6, 6.07) is 12.0. The van der Waals surface area contributed by atoms with E-state index in [0.717, 1.165) is 33.9 Å². The van der Waals surface area contributed by atoms with E-state index < -0.39 is 12.2 Å². The molecule has 0 bridgehead atoms. The van der Waals surface area contributed by atoms with E-state index in [1.807, 2.05) is 25.2 Å². The maximum absolute atomic E-state index is 13.7. The number of carbonyl (C=O) groups is 1. The number of anilines is 2. The van der Waals surface area contributed by atoms with Gasteiger partial charge < -0.3 is 14.8 Å². The largest absolute Gasteiger partial charge is 0.353 e. The lowest BCUT2D eigenvalue weighted by Gasteiger charge is -2.33. The first-order valence-electron chi connectivity index (χ1n) is 12.1. The minimum atomic E-state index is -0.767. The lowest BCUT2D eigenvalue weighted by atomic mass is 9.89. The van der Waals surface area contributed by atoms with Gasteiger partial charge in [0.1, 0.15) is 17.5 Å². The number of benzene rings is 2. The zero-order chi connectivity index (χ0) is 26.1. The predicted molar refractivity (Wildman–Crippen MR) is 140 cm³/mol. The third kappa shape index (κ3) is 4.96. The van der Waals surface area contributed by atoms with Crippen molar-refractivity contribution < 1.29 is 13.6 Å². The van der Waals surface area contributed by atoms with Gasteiger partial charge in [-0.3, -0.25) is 14.3 Å². The Morgan fingerprint density at radius 1 is 1.16 bits per heavy atom. The maximum atomic E-state index is 13.7. The van der Waals surface area contributed by atoms with Crippen molar-refractivity contribution in [1.29, 1.82) is 0 Å². The second-order valence-electron chi connectivity index (χ2n) is 9.20. The van der Waals surface area contributed by atoms with Crippen LogP contribution in [0.15, 0.2) is 59.7 Å². The van der Waals surface area contributed by atoms with E-state index in [9.17, 15) is 18.4 Å². The molecule has 5 rings (SSSR count). The van der Waals surface area contributed by atoms with Gasteiger partial charge in [-0.2, -0.15) is 5.10 Å². The number of nitrogens with one attached hydrogen (secondary N) is 1. The summed E-state index contributed by atoms with van der Waals surface area (Å²) < 4.78 is 29.3. The fraction of sp³-hybridized carbons (Fsp3) is 0.296. The van der Waals surface area contributed by atoms with Gasteiger partial charge in [-0.05, 0) is 54.7 Å². The van der Waals surface area contributed by atoms with Crippen molar-refractivity contribution in [2.45, 2.75) is 25.3 Å². The minimum absolute atomic E-state index is 0.175. The van der Waals surface area contributed by atoms with Crippen LogP contribution in [0.2, 0.25) is 5.02 Å². The Kier molecular flexibility index (Phi) is 6.97. The summed E-state index contributed by atoms with van der Waals surface area (Å²) in [6.07, 6.45) is 4.56. The molecule has 0 radical (unpaired) electrons. The molecule has 1 aliphatic rings. The fourth-order valence-electron chi connectivity index (χ4n) is 4.86. The summed E-state index contributed by atoms with van der Waals surface area (Å²) in [4.78, 5) is 28.2. The second-order valence-corrected chi connectivity index (χ2v) is 9.58. The summed E-state index contributed by atoms with van der Waals surface area (Å²) >= 11 is 6.48. The Morgan fingerprint density at radius 2 is 1.89 bits per heavy atom. The third-order valence-corrected chi connectivity index (χ3v) is 7.27. The molecular formula is C27H26ClF2N5O2. The average molecular weight is 526 g/mol. The highest BCUT2D eigenvalue weighted by molar-refractivity contribution is 6.34. The molecule has 10 heteroatoms. The number of amides is 1. The number of nitrogens with zero attached hydrogens (tertiary/aromatic N) is 4. The lowest BCUT2D eigenvalue weighted by molar-refractivity contribution is 0.0713. The predicted octanol–water partition coefficient (Wildman–Crippen LogP) is 5.26. The number of hydrogen-bond acceptors (Lipinski definition) is 4. The summed E-state index contributed by atoms with van der Waals surface area (Å²) in [6.45, 7) is 0.00585. The van der Waals surface area contributed by atoms with Gasteiger partial charge in [0.15, 0.2) is 0 Å². The normalized spacial score (nSPS) is 14.3. The number of aromatic nitrogens is 3. The fourth-order valence-corrected chi connectivity index (χ4v) is 5.12. The Hall–Kier alpha value is -3.72. The molecule has 3 heterocycles. The van der Waals surface area contributed by atoms with Crippen molar-refractivity contribution in [2.75, 3.05) is 25.1 Å². The quantitative estimate of drug-likeness (QED) is 0.373. The molecule has 0 unspecified atom stereocenters. The van der Waals surface area contributed by atoms with Gasteiger partial charge in [0.25, 0.3) is 11.5 Å². The highest BCUT2D eigenvalue weighted by atomic mass is 35.5. The molecule has 192 valence electrons. The number of halogens is 3. The van der Waals surface area contributed by atoms with Crippen LogP contribution in [0.1, 0.15) is 34.7 Å². The number of fused-ring (bicyclic) bond motifs is 1. The molecule has 0 spiro atoms. The summed E-state index contributed by atoms with van der Waals surface area (Å²) in [7, 11) is 1.82. The molecule has 1 amide bonds. The first kappa shape index (κ1) is 25.0. The van der Waals surface area contributed by atoms with E-state index >= 15 is 0 Å². The number of alkyl halides is 1. The summed E-state index contributed by atoms with van der Waals surface area (Å²) in [5.41, 5.74) is 2.35. The third-order valence-electron chi connectivity index (χ3n) is 6.92. The Balaban J connectivity index is 1.45. The van der Waals surface area contributed by atoms with Crippen molar-refractivity contribution in [1.82, 2.24) is 19.2 Å². The van der Waals surface area contributed by atoms with Crippen LogP contribution in [0.25, 0.3) is 10.9 Å². The number of aryl methyl sites for hydroxylation is 2. The van der Waals surface area contributed by atoms with Gasteiger partial charge in [-0.15, -0.1) is 0 Å². The van der Waals surface area contributed by atoms with E-state index in [4.69, 9.17) is 11.6 Å². The Morgan fingerprint density at radius 3 is 2.59 bits per heavy atom. The summed E-state index contributed by atoms with van der Waals surface area (Å²) in [5, 5.41) is 8.17. The number of carbonyl (C=O) groups excluding carboxylic acids is 1. The Labute approximate surface area is 217 Å². The Bertz CT molecular complexity index is 1510. The van der Waals surface area contributed by atoms with Gasteiger partial charge in [-0.1, -0.05) is 23.7 Å². The number of hydrogen-bond donors (Lipinski definition) is 1. The first-order valence-corrected chi connectivity index (χ1v) is 12.5. The van der Waals surface area contributed by atoms with Gasteiger partial charge in [-0.25, -0.2) is 8.78 Å². The molecule has 0 aliphatic carbocycles. The van der Waals surface area contributed by atoms with Crippen LogP contribution < -0.4 is 10.9 Å². The highest BCUT2D eigenvalue weighted by Gasteiger charge is 2.28. The molecular weight excluding hydrogens is 500 g/mol. The van der Waals surface area contributed by atoms with Crippen LogP contribution in [0.4, 0.5) is 20.2 Å². The molecule has 1 aliphatic heterocycles. The minimum Gasteiger partial charge on any atom is -0.353 e. The molecule has 37 heavy (non-hydrogen) atoms. The van der Waals surface area contributed by atoms with E-state index in [1.165, 1.54) is 18.3 Å². The molecule has 7 nitrogen and oxygen atoms in total. The van der Waals surface area contributed by atoms with E-state index in [0.29, 0.717) is 18.8 Å². The molecule has 1 saturated heterocycles. The van der Waals surface area contributed by atoms with Crippen LogP contribution in [0, 0.1) is 5.82 Å². The number of likely N-dealkylation sites (tertiary alicyclic amines) is 1. The lowest BCUT2D eigenvalue weighted by Crippen LogP contribution is -2.39. The molecule has 0 atom stereocenters. The topological polar surface area (TPSA) is 72.2 Å². The van der Waals surface area contributed by atoms with Crippen molar-refractivity contribution in [2.24, 2.45) is 7.05 Å². The van der Waals surface area contributed by atoms with Crippen molar-refractivity contribution in [3.8, 4) is 0 Å².